The summed E-state index contributed by atoms with van der Waals surface area (Å²) in [5.74, 6) is -0.265. The van der Waals surface area contributed by atoms with Crippen LogP contribution in [0.1, 0.15) is 42.6 Å². The molecule has 26 heavy (non-hydrogen) atoms. The first-order chi connectivity index (χ1) is 12.5. The summed E-state index contributed by atoms with van der Waals surface area (Å²) in [5.41, 5.74) is 4.25. The minimum absolute atomic E-state index is 0.166. The van der Waals surface area contributed by atoms with E-state index in [0.717, 1.165) is 48.3 Å². The summed E-state index contributed by atoms with van der Waals surface area (Å²) in [4.78, 5) is 12.4. The second kappa shape index (κ2) is 8.09. The lowest BCUT2D eigenvalue weighted by Crippen LogP contribution is -2.33. The Balaban J connectivity index is 1.91. The van der Waals surface area contributed by atoms with Gasteiger partial charge in [0, 0.05) is 26.7 Å². The summed E-state index contributed by atoms with van der Waals surface area (Å²) in [5, 5.41) is 12.5. The van der Waals surface area contributed by atoms with Crippen LogP contribution in [0.4, 0.5) is 0 Å². The molecule has 134 valence electrons. The highest BCUT2D eigenvalue weighted by Gasteiger charge is 2.20. The Kier molecular flexibility index (Phi) is 5.82. The number of hydrogen-bond donors (Lipinski definition) is 1. The number of carbonyl (C=O) groups excluding carboxylic acids is 1. The van der Waals surface area contributed by atoms with Crippen molar-refractivity contribution in [2.45, 2.75) is 45.6 Å². The maximum absolute atomic E-state index is 12.4. The fourth-order valence-electron chi connectivity index (χ4n) is 3.58. The van der Waals surface area contributed by atoms with Crippen molar-refractivity contribution in [2.24, 2.45) is 0 Å². The Labute approximate surface area is 168 Å². The molecule has 4 nitrogen and oxygen atoms in total. The Morgan fingerprint density at radius 2 is 2.04 bits per heavy atom. The van der Waals surface area contributed by atoms with Crippen molar-refractivity contribution in [3.05, 3.63) is 56.4 Å². The molecule has 3 rings (SSSR count). The molecule has 0 spiro atoms. The Morgan fingerprint density at radius 1 is 1.31 bits per heavy atom. The number of amides is 1. The highest BCUT2D eigenvalue weighted by Crippen LogP contribution is 2.24. The fraction of sp³-hybridized carbons (Fsp3) is 0.333. The van der Waals surface area contributed by atoms with Crippen molar-refractivity contribution >= 4 is 34.6 Å². The number of aromatic nitrogens is 1. The number of nitrogens with zero attached hydrogens (tertiary/aromatic N) is 2. The average Bonchev–Trinajstić information content (AvgIpc) is 3.20. The Hall–Kier alpha value is -2.07. The number of nitrogens with one attached hydrogen (secondary N) is 1. The van der Waals surface area contributed by atoms with Gasteiger partial charge in [-0.3, -0.25) is 4.79 Å². The monoisotopic (exact) mass is 459 g/mol. The first-order valence-electron chi connectivity index (χ1n) is 8.87. The summed E-state index contributed by atoms with van der Waals surface area (Å²) in [6.45, 7) is 4.05. The molecule has 0 saturated heterocycles. The molecule has 1 aromatic heterocycles. The van der Waals surface area contributed by atoms with Crippen molar-refractivity contribution < 1.29 is 4.79 Å². The zero-order valence-electron chi connectivity index (χ0n) is 15.1. The van der Waals surface area contributed by atoms with Crippen LogP contribution in [0.15, 0.2) is 35.9 Å². The molecular weight excluding hydrogens is 437 g/mol. The van der Waals surface area contributed by atoms with Crippen LogP contribution in [0.2, 0.25) is 0 Å². The summed E-state index contributed by atoms with van der Waals surface area (Å²) >= 11 is 2.30. The SMILES string of the molecule is Cc1cc(/C=C(/C#N)C(=O)NC2CCCC2)c(C)n1-c1cccc(I)c1. The van der Waals surface area contributed by atoms with E-state index in [1.54, 1.807) is 6.08 Å². The van der Waals surface area contributed by atoms with Gasteiger partial charge in [-0.15, -0.1) is 0 Å². The van der Waals surface area contributed by atoms with Crippen LogP contribution >= 0.6 is 22.6 Å². The molecule has 1 N–H and O–H groups in total. The largest absolute Gasteiger partial charge is 0.349 e. The van der Waals surface area contributed by atoms with Crippen LogP contribution < -0.4 is 5.32 Å². The molecule has 1 aliphatic carbocycles. The lowest BCUT2D eigenvalue weighted by atomic mass is 10.1. The number of hydrogen-bond acceptors (Lipinski definition) is 2. The molecule has 1 fully saturated rings. The highest BCUT2D eigenvalue weighted by atomic mass is 127. The van der Waals surface area contributed by atoms with Gasteiger partial charge in [-0.25, -0.2) is 0 Å². The number of nitriles is 1. The first kappa shape index (κ1) is 18.7. The number of benzene rings is 1. The maximum Gasteiger partial charge on any atom is 0.262 e. The smallest absolute Gasteiger partial charge is 0.262 e. The topological polar surface area (TPSA) is 57.8 Å². The molecule has 1 saturated carbocycles. The molecule has 0 aliphatic heterocycles. The lowest BCUT2D eigenvalue weighted by molar-refractivity contribution is -0.117. The molecular formula is C21H22IN3O. The number of rotatable bonds is 4. The number of halogens is 1. The second-order valence-electron chi connectivity index (χ2n) is 6.77. The molecule has 1 amide bonds. The number of carbonyl (C=O) groups is 1. The summed E-state index contributed by atoms with van der Waals surface area (Å²) < 4.78 is 3.32. The van der Waals surface area contributed by atoms with E-state index in [4.69, 9.17) is 0 Å². The molecule has 5 heteroatoms. The van der Waals surface area contributed by atoms with E-state index in [1.807, 2.05) is 26.0 Å². The van der Waals surface area contributed by atoms with E-state index in [1.165, 1.54) is 3.57 Å². The Morgan fingerprint density at radius 3 is 2.69 bits per heavy atom. The van der Waals surface area contributed by atoms with Gasteiger partial charge in [-0.1, -0.05) is 18.9 Å². The van der Waals surface area contributed by atoms with Gasteiger partial charge in [0.15, 0.2) is 0 Å². The summed E-state index contributed by atoms with van der Waals surface area (Å²) in [6, 6.07) is 12.6. The third-order valence-electron chi connectivity index (χ3n) is 4.89. The van der Waals surface area contributed by atoms with Crippen molar-refractivity contribution in [1.29, 1.82) is 5.26 Å². The zero-order chi connectivity index (χ0) is 18.7. The predicted octanol–water partition coefficient (Wildman–Crippen LogP) is 4.66. The summed E-state index contributed by atoms with van der Waals surface area (Å²) in [7, 11) is 0. The van der Waals surface area contributed by atoms with Crippen LogP contribution in [-0.2, 0) is 4.79 Å². The first-order valence-corrected chi connectivity index (χ1v) is 9.95. The number of aryl methyl sites for hydroxylation is 1. The standard InChI is InChI=1S/C21H22IN3O/c1-14-10-16(15(2)25(14)20-9-5-6-18(22)12-20)11-17(13-23)21(26)24-19-7-3-4-8-19/h5-6,9-12,19H,3-4,7-8H2,1-2H3,(H,24,26)/b17-11-. The van der Waals surface area contributed by atoms with E-state index >= 15 is 0 Å². The Bertz CT molecular complexity index is 898. The van der Waals surface area contributed by atoms with Crippen molar-refractivity contribution in [1.82, 2.24) is 9.88 Å². The van der Waals surface area contributed by atoms with Gasteiger partial charge in [0.25, 0.3) is 5.91 Å². The van der Waals surface area contributed by atoms with E-state index in [-0.39, 0.29) is 17.5 Å². The van der Waals surface area contributed by atoms with E-state index in [0.29, 0.717) is 0 Å². The van der Waals surface area contributed by atoms with Crippen molar-refractivity contribution in [3.63, 3.8) is 0 Å². The van der Waals surface area contributed by atoms with Crippen molar-refractivity contribution in [2.75, 3.05) is 0 Å². The second-order valence-corrected chi connectivity index (χ2v) is 8.01. The minimum atomic E-state index is -0.265. The lowest BCUT2D eigenvalue weighted by Gasteiger charge is -2.11. The fourth-order valence-corrected chi connectivity index (χ4v) is 4.11. The molecule has 1 aromatic carbocycles. The zero-order valence-corrected chi connectivity index (χ0v) is 17.2. The van der Waals surface area contributed by atoms with E-state index in [2.05, 4.69) is 56.7 Å². The molecule has 0 atom stereocenters. The van der Waals surface area contributed by atoms with Gasteiger partial charge in [0.2, 0.25) is 0 Å². The minimum Gasteiger partial charge on any atom is -0.349 e. The normalized spacial score (nSPS) is 15.1. The molecule has 1 heterocycles. The third-order valence-corrected chi connectivity index (χ3v) is 5.56. The van der Waals surface area contributed by atoms with E-state index in [9.17, 15) is 10.1 Å². The predicted molar refractivity (Wildman–Crippen MR) is 112 cm³/mol. The van der Waals surface area contributed by atoms with Crippen LogP contribution in [0.5, 0.6) is 0 Å². The maximum atomic E-state index is 12.4. The van der Waals surface area contributed by atoms with E-state index < -0.39 is 0 Å². The quantitative estimate of drug-likeness (QED) is 0.411. The van der Waals surface area contributed by atoms with Gasteiger partial charge in [0.1, 0.15) is 11.6 Å². The molecule has 0 unspecified atom stereocenters. The molecule has 0 radical (unpaired) electrons. The van der Waals surface area contributed by atoms with Crippen LogP contribution in [0.25, 0.3) is 11.8 Å². The van der Waals surface area contributed by atoms with Gasteiger partial charge in [-0.05, 0) is 85.2 Å². The molecule has 2 aromatic rings. The van der Waals surface area contributed by atoms with Crippen molar-refractivity contribution in [3.8, 4) is 11.8 Å². The third kappa shape index (κ3) is 4.01. The van der Waals surface area contributed by atoms with Gasteiger partial charge < -0.3 is 9.88 Å². The molecule has 1 aliphatic rings. The van der Waals surface area contributed by atoms with Gasteiger partial charge in [0.05, 0.1) is 0 Å². The van der Waals surface area contributed by atoms with Gasteiger partial charge in [-0.2, -0.15) is 5.26 Å². The highest BCUT2D eigenvalue weighted by molar-refractivity contribution is 14.1. The van der Waals surface area contributed by atoms with Gasteiger partial charge >= 0.3 is 0 Å². The van der Waals surface area contributed by atoms with Crippen LogP contribution in [0.3, 0.4) is 0 Å². The average molecular weight is 459 g/mol. The summed E-state index contributed by atoms with van der Waals surface area (Å²) in [6.07, 6.45) is 6.01. The van der Waals surface area contributed by atoms with Crippen LogP contribution in [-0.4, -0.2) is 16.5 Å². The molecule has 0 bridgehead atoms. The van der Waals surface area contributed by atoms with Crippen LogP contribution in [0, 0.1) is 28.7 Å².